The Kier molecular flexibility index (Phi) is 5.02. The van der Waals surface area contributed by atoms with E-state index in [0.29, 0.717) is 56.7 Å². The minimum absolute atomic E-state index is 0.00727. The predicted molar refractivity (Wildman–Crippen MR) is 110 cm³/mol. The van der Waals surface area contributed by atoms with Crippen LogP contribution < -0.4 is 0 Å². The summed E-state index contributed by atoms with van der Waals surface area (Å²) in [5.74, 6) is 0.143. The van der Waals surface area contributed by atoms with Gasteiger partial charge in [-0.05, 0) is 48.6 Å². The largest absolute Gasteiger partial charge is 0.416 e. The lowest BCUT2D eigenvalue weighted by Gasteiger charge is -2.26. The van der Waals surface area contributed by atoms with Crippen LogP contribution in [0.25, 0.3) is 0 Å². The van der Waals surface area contributed by atoms with Crippen molar-refractivity contribution in [2.75, 3.05) is 19.6 Å². The van der Waals surface area contributed by atoms with Gasteiger partial charge in [-0.2, -0.15) is 18.3 Å². The minimum Gasteiger partial charge on any atom is -0.337 e. The first-order valence-corrected chi connectivity index (χ1v) is 11.0. The summed E-state index contributed by atoms with van der Waals surface area (Å²) in [6, 6.07) is 5.86. The van der Waals surface area contributed by atoms with Crippen molar-refractivity contribution >= 4 is 11.8 Å². The Morgan fingerprint density at radius 3 is 2.44 bits per heavy atom. The molecule has 1 aromatic carbocycles. The van der Waals surface area contributed by atoms with Crippen LogP contribution in [0.2, 0.25) is 0 Å². The highest BCUT2D eigenvalue weighted by atomic mass is 19.4. The number of halogens is 3. The fourth-order valence-corrected chi connectivity index (χ4v) is 5.74. The number of carbonyl (C=O) groups excluding carboxylic acids is 2. The summed E-state index contributed by atoms with van der Waals surface area (Å²) in [5, 5.41) is 7.17. The zero-order chi connectivity index (χ0) is 22.6. The number of nitrogens with zero attached hydrogens (tertiary/aromatic N) is 3. The van der Waals surface area contributed by atoms with E-state index in [1.807, 2.05) is 0 Å². The quantitative estimate of drug-likeness (QED) is 0.767. The van der Waals surface area contributed by atoms with Crippen molar-refractivity contribution in [1.29, 1.82) is 0 Å². The van der Waals surface area contributed by atoms with Crippen LogP contribution in [0.1, 0.15) is 58.6 Å². The van der Waals surface area contributed by atoms with Crippen LogP contribution in [0.4, 0.5) is 13.2 Å². The fourth-order valence-electron chi connectivity index (χ4n) is 5.74. The second kappa shape index (κ2) is 7.64. The van der Waals surface area contributed by atoms with Gasteiger partial charge in [0, 0.05) is 32.1 Å². The molecule has 1 aromatic heterocycles. The number of benzene rings is 1. The lowest BCUT2D eigenvalue weighted by molar-refractivity contribution is -0.138. The van der Waals surface area contributed by atoms with Crippen LogP contribution in [-0.2, 0) is 23.9 Å². The van der Waals surface area contributed by atoms with Gasteiger partial charge in [0.05, 0.1) is 17.8 Å². The molecule has 1 saturated carbocycles. The van der Waals surface area contributed by atoms with Gasteiger partial charge in [-0.1, -0.05) is 18.2 Å². The number of rotatable bonds is 2. The number of amides is 2. The van der Waals surface area contributed by atoms with Gasteiger partial charge in [0.25, 0.3) is 5.91 Å². The Morgan fingerprint density at radius 1 is 1.09 bits per heavy atom. The molecule has 2 aromatic rings. The number of hydrogen-bond acceptors (Lipinski definition) is 3. The number of aromatic amines is 1. The highest BCUT2D eigenvalue weighted by molar-refractivity contribution is 5.94. The van der Waals surface area contributed by atoms with Crippen LogP contribution in [-0.4, -0.2) is 51.4 Å². The third-order valence-corrected chi connectivity index (χ3v) is 7.33. The Bertz CT molecular complexity index is 1050. The summed E-state index contributed by atoms with van der Waals surface area (Å²) in [5.41, 5.74) is 1.94. The van der Waals surface area contributed by atoms with Crippen molar-refractivity contribution in [2.24, 2.45) is 11.8 Å². The van der Waals surface area contributed by atoms with E-state index in [1.165, 1.54) is 13.0 Å². The van der Waals surface area contributed by atoms with Crippen LogP contribution in [0, 0.1) is 11.8 Å². The van der Waals surface area contributed by atoms with Gasteiger partial charge in [0.2, 0.25) is 5.91 Å². The molecule has 1 aliphatic carbocycles. The summed E-state index contributed by atoms with van der Waals surface area (Å²) < 4.78 is 40.3. The van der Waals surface area contributed by atoms with Crippen LogP contribution in [0.3, 0.4) is 0 Å². The highest BCUT2D eigenvalue weighted by Crippen LogP contribution is 2.49. The Morgan fingerprint density at radius 2 is 1.78 bits per heavy atom. The molecule has 0 spiro atoms. The fraction of sp³-hybridized carbons (Fsp3) is 0.522. The number of H-pyrrole nitrogens is 1. The lowest BCUT2D eigenvalue weighted by Crippen LogP contribution is -2.35. The van der Waals surface area contributed by atoms with Crippen molar-refractivity contribution in [3.05, 3.63) is 52.3 Å². The summed E-state index contributed by atoms with van der Waals surface area (Å²) in [6.45, 7) is 3.62. The molecule has 1 saturated heterocycles. The van der Waals surface area contributed by atoms with Gasteiger partial charge in [0.1, 0.15) is 0 Å². The molecule has 2 fully saturated rings. The Hall–Kier alpha value is -2.84. The molecule has 1 N–H and O–H groups in total. The summed E-state index contributed by atoms with van der Waals surface area (Å²) in [4.78, 5) is 28.3. The van der Waals surface area contributed by atoms with E-state index in [9.17, 15) is 22.8 Å². The summed E-state index contributed by atoms with van der Waals surface area (Å²) in [6.07, 6.45) is -2.45. The minimum atomic E-state index is -4.35. The molecule has 3 heterocycles. The first-order valence-electron chi connectivity index (χ1n) is 11.0. The van der Waals surface area contributed by atoms with Crippen molar-refractivity contribution in [3.63, 3.8) is 0 Å². The van der Waals surface area contributed by atoms with E-state index in [0.717, 1.165) is 17.3 Å². The molecule has 170 valence electrons. The zero-order valence-electron chi connectivity index (χ0n) is 17.8. The number of fused-ring (bicyclic) bond motifs is 2. The number of hydrogen-bond donors (Lipinski definition) is 1. The first-order chi connectivity index (χ1) is 15.2. The van der Waals surface area contributed by atoms with Gasteiger partial charge in [-0.3, -0.25) is 14.7 Å². The average molecular weight is 446 g/mol. The third kappa shape index (κ3) is 3.57. The standard InChI is InChI=1S/C23H25F3N4O2/c1-13(31)29-7-6-18-20(12-29)27-28-21(18)22(32)30-10-15-8-14(9-16(15)11-30)17-4-2-3-5-19(17)23(24,25)26/h2-5,14-16H,6-12H2,1H3,(H,27,28)/t14?,15-,16?/m1/s1. The van der Waals surface area contributed by atoms with Gasteiger partial charge in [0.15, 0.2) is 5.69 Å². The summed E-state index contributed by atoms with van der Waals surface area (Å²) >= 11 is 0. The Labute approximate surface area is 183 Å². The molecule has 2 amide bonds. The highest BCUT2D eigenvalue weighted by Gasteiger charge is 2.45. The van der Waals surface area contributed by atoms with Crippen molar-refractivity contribution in [3.8, 4) is 0 Å². The molecule has 2 unspecified atom stereocenters. The Balaban J connectivity index is 1.27. The topological polar surface area (TPSA) is 69.3 Å². The average Bonchev–Trinajstić information content (AvgIpc) is 3.45. The molecule has 32 heavy (non-hydrogen) atoms. The zero-order valence-corrected chi connectivity index (χ0v) is 17.8. The first kappa shape index (κ1) is 21.0. The van der Waals surface area contributed by atoms with Gasteiger partial charge >= 0.3 is 6.18 Å². The molecule has 3 aliphatic rings. The lowest BCUT2D eigenvalue weighted by atomic mass is 9.91. The smallest absolute Gasteiger partial charge is 0.337 e. The number of alkyl halides is 3. The maximum Gasteiger partial charge on any atom is 0.416 e. The van der Waals surface area contributed by atoms with E-state index >= 15 is 0 Å². The molecule has 3 atom stereocenters. The molecular weight excluding hydrogens is 421 g/mol. The third-order valence-electron chi connectivity index (χ3n) is 7.33. The van der Waals surface area contributed by atoms with Crippen molar-refractivity contribution < 1.29 is 22.8 Å². The van der Waals surface area contributed by atoms with Crippen LogP contribution in [0.5, 0.6) is 0 Å². The number of nitrogens with one attached hydrogen (secondary N) is 1. The second-order valence-electron chi connectivity index (χ2n) is 9.20. The molecule has 6 nitrogen and oxygen atoms in total. The van der Waals surface area contributed by atoms with Crippen molar-refractivity contribution in [2.45, 2.75) is 44.8 Å². The van der Waals surface area contributed by atoms with E-state index < -0.39 is 11.7 Å². The van der Waals surface area contributed by atoms with E-state index in [-0.39, 0.29) is 29.6 Å². The van der Waals surface area contributed by atoms with Gasteiger partial charge in [-0.25, -0.2) is 0 Å². The van der Waals surface area contributed by atoms with Crippen LogP contribution in [0.15, 0.2) is 24.3 Å². The molecule has 2 aliphatic heterocycles. The van der Waals surface area contributed by atoms with E-state index in [4.69, 9.17) is 0 Å². The molecule has 9 heteroatoms. The van der Waals surface area contributed by atoms with Gasteiger partial charge in [-0.15, -0.1) is 0 Å². The molecular formula is C23H25F3N4O2. The van der Waals surface area contributed by atoms with Crippen LogP contribution >= 0.6 is 0 Å². The SMILES string of the molecule is CC(=O)N1CCc2c(C(=O)N3CC4CC(c5ccccc5C(F)(F)F)C[C@@H]4C3)n[nH]c2C1. The maximum absolute atomic E-state index is 13.4. The van der Waals surface area contributed by atoms with E-state index in [1.54, 1.807) is 21.9 Å². The van der Waals surface area contributed by atoms with E-state index in [2.05, 4.69) is 10.2 Å². The molecule has 5 rings (SSSR count). The number of likely N-dealkylation sites (tertiary alicyclic amines) is 1. The monoisotopic (exact) mass is 446 g/mol. The maximum atomic E-state index is 13.4. The normalized spacial score (nSPS) is 25.1. The summed E-state index contributed by atoms with van der Waals surface area (Å²) in [7, 11) is 0. The van der Waals surface area contributed by atoms with Gasteiger partial charge < -0.3 is 9.80 Å². The number of carbonyl (C=O) groups is 2. The van der Waals surface area contributed by atoms with Crippen molar-refractivity contribution in [1.82, 2.24) is 20.0 Å². The molecule has 0 bridgehead atoms. The second-order valence-corrected chi connectivity index (χ2v) is 9.20. The number of aromatic nitrogens is 2. The molecule has 0 radical (unpaired) electrons. The predicted octanol–water partition coefficient (Wildman–Crippen LogP) is 3.60.